The van der Waals surface area contributed by atoms with E-state index >= 15 is 0 Å². The van der Waals surface area contributed by atoms with Gasteiger partial charge in [0.05, 0.1) is 6.10 Å². The first-order chi connectivity index (χ1) is 7.27. The number of likely N-dealkylation sites (tertiary alicyclic amines) is 1. The second-order valence-electron chi connectivity index (χ2n) is 5.14. The van der Waals surface area contributed by atoms with Crippen LogP contribution in [0.2, 0.25) is 0 Å². The molecule has 0 aliphatic carbocycles. The molecule has 0 bridgehead atoms. The van der Waals surface area contributed by atoms with Crippen LogP contribution in [0.25, 0.3) is 0 Å². The fourth-order valence-corrected chi connectivity index (χ4v) is 3.18. The van der Waals surface area contributed by atoms with Crippen LogP contribution in [-0.4, -0.2) is 48.3 Å². The van der Waals surface area contributed by atoms with Gasteiger partial charge < -0.3 is 10.4 Å². The van der Waals surface area contributed by atoms with Crippen molar-refractivity contribution < 1.29 is 5.11 Å². The molecule has 2 aliphatic heterocycles. The normalized spacial score (nSPS) is 32.0. The van der Waals surface area contributed by atoms with Crippen molar-refractivity contribution in [2.24, 2.45) is 5.92 Å². The highest BCUT2D eigenvalue weighted by Crippen LogP contribution is 2.29. The second-order valence-corrected chi connectivity index (χ2v) is 5.14. The van der Waals surface area contributed by atoms with Gasteiger partial charge in [-0.25, -0.2) is 0 Å². The van der Waals surface area contributed by atoms with Crippen LogP contribution in [0.15, 0.2) is 0 Å². The molecule has 2 atom stereocenters. The molecular formula is C12H24N2O. The summed E-state index contributed by atoms with van der Waals surface area (Å²) in [5, 5.41) is 12.9. The number of piperidine rings is 1. The van der Waals surface area contributed by atoms with E-state index in [0.717, 1.165) is 18.5 Å². The summed E-state index contributed by atoms with van der Waals surface area (Å²) < 4.78 is 0. The first kappa shape index (κ1) is 11.4. The minimum Gasteiger partial charge on any atom is -0.392 e. The third-order valence-corrected chi connectivity index (χ3v) is 3.84. The monoisotopic (exact) mass is 212 g/mol. The molecule has 0 spiro atoms. The molecular weight excluding hydrogens is 188 g/mol. The van der Waals surface area contributed by atoms with E-state index < -0.39 is 0 Å². The van der Waals surface area contributed by atoms with Crippen molar-refractivity contribution in [1.29, 1.82) is 0 Å². The van der Waals surface area contributed by atoms with Crippen molar-refractivity contribution in [2.75, 3.05) is 26.2 Å². The fraction of sp³-hybridized carbons (Fsp3) is 1.00. The molecule has 0 aromatic rings. The molecule has 15 heavy (non-hydrogen) atoms. The van der Waals surface area contributed by atoms with E-state index in [1.54, 1.807) is 0 Å². The van der Waals surface area contributed by atoms with E-state index in [1.807, 2.05) is 6.92 Å². The Balaban J connectivity index is 1.88. The van der Waals surface area contributed by atoms with Crippen molar-refractivity contribution in [1.82, 2.24) is 10.2 Å². The first-order valence-electron chi connectivity index (χ1n) is 6.40. The summed E-state index contributed by atoms with van der Waals surface area (Å²) in [4.78, 5) is 2.51. The molecule has 88 valence electrons. The Morgan fingerprint density at radius 2 is 2.07 bits per heavy atom. The quantitative estimate of drug-likeness (QED) is 0.727. The van der Waals surface area contributed by atoms with Gasteiger partial charge in [0.1, 0.15) is 0 Å². The molecule has 0 aromatic heterocycles. The zero-order chi connectivity index (χ0) is 10.7. The van der Waals surface area contributed by atoms with Crippen LogP contribution in [-0.2, 0) is 0 Å². The summed E-state index contributed by atoms with van der Waals surface area (Å²) >= 11 is 0. The lowest BCUT2D eigenvalue weighted by Crippen LogP contribution is -2.43. The molecule has 2 rings (SSSR count). The van der Waals surface area contributed by atoms with E-state index in [1.165, 1.54) is 45.3 Å². The number of rotatable bonds is 3. The maximum atomic E-state index is 9.47. The van der Waals surface area contributed by atoms with Crippen LogP contribution in [0.4, 0.5) is 0 Å². The van der Waals surface area contributed by atoms with Gasteiger partial charge in [-0.15, -0.1) is 0 Å². The second kappa shape index (κ2) is 5.28. The Morgan fingerprint density at radius 3 is 2.73 bits per heavy atom. The smallest absolute Gasteiger partial charge is 0.0639 e. The van der Waals surface area contributed by atoms with Crippen LogP contribution < -0.4 is 5.32 Å². The molecule has 2 N–H and O–H groups in total. The summed E-state index contributed by atoms with van der Waals surface area (Å²) in [6.45, 7) is 6.33. The number of nitrogens with zero attached hydrogens (tertiary/aromatic N) is 1. The van der Waals surface area contributed by atoms with Crippen LogP contribution in [0.5, 0.6) is 0 Å². The fourth-order valence-electron chi connectivity index (χ4n) is 3.18. The number of β-amino-alcohol motifs (C(OH)–C–C–N with tert-alkyl or cyclic N) is 1. The average Bonchev–Trinajstić information content (AvgIpc) is 2.66. The Bertz CT molecular complexity index is 190. The SMILES string of the molecule is CC(O)CN1CCCC1C1CCNCC1. The van der Waals surface area contributed by atoms with E-state index in [9.17, 15) is 5.11 Å². The molecule has 2 unspecified atom stereocenters. The molecule has 0 amide bonds. The number of aliphatic hydroxyl groups is 1. The summed E-state index contributed by atoms with van der Waals surface area (Å²) in [5.41, 5.74) is 0. The van der Waals surface area contributed by atoms with Crippen LogP contribution in [0, 0.1) is 5.92 Å². The molecule has 0 saturated carbocycles. The lowest BCUT2D eigenvalue weighted by molar-refractivity contribution is 0.0917. The predicted octanol–water partition coefficient (Wildman–Crippen LogP) is 0.831. The van der Waals surface area contributed by atoms with Crippen LogP contribution in [0.1, 0.15) is 32.6 Å². The number of nitrogens with one attached hydrogen (secondary N) is 1. The van der Waals surface area contributed by atoms with Gasteiger partial charge in [-0.05, 0) is 58.2 Å². The van der Waals surface area contributed by atoms with E-state index in [2.05, 4.69) is 10.2 Å². The lowest BCUT2D eigenvalue weighted by Gasteiger charge is -2.34. The maximum absolute atomic E-state index is 9.47. The van der Waals surface area contributed by atoms with E-state index in [0.29, 0.717) is 0 Å². The highest BCUT2D eigenvalue weighted by atomic mass is 16.3. The van der Waals surface area contributed by atoms with Crippen molar-refractivity contribution in [3.63, 3.8) is 0 Å². The predicted molar refractivity (Wildman–Crippen MR) is 61.9 cm³/mol. The molecule has 2 heterocycles. The zero-order valence-corrected chi connectivity index (χ0v) is 9.78. The molecule has 3 heteroatoms. The summed E-state index contributed by atoms with van der Waals surface area (Å²) in [6.07, 6.45) is 5.13. The summed E-state index contributed by atoms with van der Waals surface area (Å²) in [5.74, 6) is 0.868. The largest absolute Gasteiger partial charge is 0.392 e. The Hall–Kier alpha value is -0.120. The highest BCUT2D eigenvalue weighted by Gasteiger charge is 2.32. The number of hydrogen-bond donors (Lipinski definition) is 2. The minimum absolute atomic E-state index is 0.174. The highest BCUT2D eigenvalue weighted by molar-refractivity contribution is 4.87. The van der Waals surface area contributed by atoms with Gasteiger partial charge in [-0.3, -0.25) is 4.90 Å². The molecule has 3 nitrogen and oxygen atoms in total. The van der Waals surface area contributed by atoms with Crippen molar-refractivity contribution in [3.05, 3.63) is 0 Å². The van der Waals surface area contributed by atoms with Gasteiger partial charge in [-0.1, -0.05) is 0 Å². The lowest BCUT2D eigenvalue weighted by atomic mass is 9.88. The molecule has 2 fully saturated rings. The van der Waals surface area contributed by atoms with E-state index in [4.69, 9.17) is 0 Å². The third-order valence-electron chi connectivity index (χ3n) is 3.84. The van der Waals surface area contributed by atoms with Crippen molar-refractivity contribution in [2.45, 2.75) is 44.8 Å². The molecule has 0 radical (unpaired) electrons. The Morgan fingerprint density at radius 1 is 1.33 bits per heavy atom. The van der Waals surface area contributed by atoms with Crippen LogP contribution in [0.3, 0.4) is 0 Å². The number of aliphatic hydroxyl groups excluding tert-OH is 1. The van der Waals surface area contributed by atoms with Crippen molar-refractivity contribution >= 4 is 0 Å². The van der Waals surface area contributed by atoms with E-state index in [-0.39, 0.29) is 6.10 Å². The van der Waals surface area contributed by atoms with Gasteiger partial charge in [0, 0.05) is 12.6 Å². The summed E-state index contributed by atoms with van der Waals surface area (Å²) in [7, 11) is 0. The van der Waals surface area contributed by atoms with Crippen LogP contribution >= 0.6 is 0 Å². The van der Waals surface area contributed by atoms with Gasteiger partial charge in [-0.2, -0.15) is 0 Å². The topological polar surface area (TPSA) is 35.5 Å². The minimum atomic E-state index is -0.174. The Labute approximate surface area is 92.8 Å². The van der Waals surface area contributed by atoms with Gasteiger partial charge in [0.15, 0.2) is 0 Å². The Kier molecular flexibility index (Phi) is 4.00. The van der Waals surface area contributed by atoms with Gasteiger partial charge in [0.2, 0.25) is 0 Å². The molecule has 2 aliphatic rings. The summed E-state index contributed by atoms with van der Waals surface area (Å²) in [6, 6.07) is 0.752. The van der Waals surface area contributed by atoms with Gasteiger partial charge in [0.25, 0.3) is 0 Å². The zero-order valence-electron chi connectivity index (χ0n) is 9.78. The molecule has 2 saturated heterocycles. The average molecular weight is 212 g/mol. The third kappa shape index (κ3) is 2.92. The number of hydrogen-bond acceptors (Lipinski definition) is 3. The maximum Gasteiger partial charge on any atom is 0.0639 e. The molecule has 0 aromatic carbocycles. The first-order valence-corrected chi connectivity index (χ1v) is 6.40. The van der Waals surface area contributed by atoms with Crippen molar-refractivity contribution in [3.8, 4) is 0 Å². The standard InChI is InChI=1S/C12H24N2O/c1-10(15)9-14-8-2-3-12(14)11-4-6-13-7-5-11/h10-13,15H,2-9H2,1H3. The van der Waals surface area contributed by atoms with Gasteiger partial charge >= 0.3 is 0 Å².